The third-order valence-corrected chi connectivity index (χ3v) is 7.50. The minimum atomic E-state index is -0.332. The van der Waals surface area contributed by atoms with Crippen LogP contribution in [0, 0.1) is 11.7 Å². The highest BCUT2D eigenvalue weighted by Gasteiger charge is 2.42. The Morgan fingerprint density at radius 1 is 1.03 bits per heavy atom. The van der Waals surface area contributed by atoms with Crippen molar-refractivity contribution in [2.75, 3.05) is 20.2 Å². The van der Waals surface area contributed by atoms with Gasteiger partial charge >= 0.3 is 0 Å². The van der Waals surface area contributed by atoms with Crippen molar-refractivity contribution in [2.24, 2.45) is 5.92 Å². The smallest absolute Gasteiger partial charge is 0.272 e. The number of nitrogens with zero attached hydrogens (tertiary/aromatic N) is 3. The first-order valence-corrected chi connectivity index (χ1v) is 12.9. The number of hydrogen-bond acceptors (Lipinski definition) is 4. The zero-order chi connectivity index (χ0) is 24.9. The van der Waals surface area contributed by atoms with Gasteiger partial charge in [-0.25, -0.2) is 4.39 Å². The second kappa shape index (κ2) is 11.2. The Bertz CT molecular complexity index is 1150. The molecule has 36 heavy (non-hydrogen) atoms. The Balaban J connectivity index is 1.32. The van der Waals surface area contributed by atoms with Gasteiger partial charge in [0.05, 0.1) is 7.11 Å². The number of aromatic nitrogens is 1. The molecule has 6 heteroatoms. The summed E-state index contributed by atoms with van der Waals surface area (Å²) in [6, 6.07) is 21.7. The van der Waals surface area contributed by atoms with E-state index < -0.39 is 0 Å². The van der Waals surface area contributed by atoms with Crippen LogP contribution in [0.25, 0.3) is 0 Å². The summed E-state index contributed by atoms with van der Waals surface area (Å²) >= 11 is 0. The Labute approximate surface area is 212 Å². The van der Waals surface area contributed by atoms with Crippen LogP contribution in [0.1, 0.15) is 47.3 Å². The summed E-state index contributed by atoms with van der Waals surface area (Å²) in [6.45, 7) is 2.67. The molecule has 188 valence electrons. The van der Waals surface area contributed by atoms with E-state index in [9.17, 15) is 9.18 Å². The highest BCUT2D eigenvalue weighted by molar-refractivity contribution is 5.93. The lowest BCUT2D eigenvalue weighted by atomic mass is 9.84. The van der Waals surface area contributed by atoms with Gasteiger partial charge in [-0.3, -0.25) is 14.7 Å². The van der Waals surface area contributed by atoms with E-state index in [0.717, 1.165) is 57.3 Å². The Kier molecular flexibility index (Phi) is 7.61. The number of carbonyl (C=O) groups is 1. The molecule has 1 aliphatic heterocycles. The summed E-state index contributed by atoms with van der Waals surface area (Å²) in [6.07, 6.45) is 6.73. The molecule has 1 amide bonds. The lowest BCUT2D eigenvalue weighted by Crippen LogP contribution is -2.50. The topological polar surface area (TPSA) is 45.7 Å². The number of ether oxygens (including phenoxy) is 1. The zero-order valence-electron chi connectivity index (χ0n) is 20.9. The third kappa shape index (κ3) is 5.76. The molecule has 1 aliphatic carbocycles. The van der Waals surface area contributed by atoms with Gasteiger partial charge in [0.15, 0.2) is 11.6 Å². The lowest BCUT2D eigenvalue weighted by Gasteiger charge is -2.42. The maximum absolute atomic E-state index is 13.8. The van der Waals surface area contributed by atoms with Crippen LogP contribution in [0.4, 0.5) is 4.39 Å². The Morgan fingerprint density at radius 2 is 1.78 bits per heavy atom. The fraction of sp³-hybridized carbons (Fsp3) is 0.400. The molecule has 2 fully saturated rings. The van der Waals surface area contributed by atoms with Gasteiger partial charge in [0.25, 0.3) is 5.91 Å². The van der Waals surface area contributed by atoms with Crippen LogP contribution in [0.5, 0.6) is 5.75 Å². The normalized spacial score (nSPS) is 17.5. The van der Waals surface area contributed by atoms with Gasteiger partial charge in [-0.05, 0) is 86.5 Å². The molecular weight excluding hydrogens is 453 g/mol. The molecule has 1 saturated carbocycles. The van der Waals surface area contributed by atoms with E-state index in [1.165, 1.54) is 18.7 Å². The number of likely N-dealkylation sites (tertiary alicyclic amines) is 1. The van der Waals surface area contributed by atoms with Crippen molar-refractivity contribution in [1.82, 2.24) is 14.8 Å². The van der Waals surface area contributed by atoms with Gasteiger partial charge < -0.3 is 9.64 Å². The second-order valence-electron chi connectivity index (χ2n) is 10.00. The zero-order valence-corrected chi connectivity index (χ0v) is 20.9. The molecule has 2 aromatic carbocycles. The largest absolute Gasteiger partial charge is 0.494 e. The predicted molar refractivity (Wildman–Crippen MR) is 138 cm³/mol. The van der Waals surface area contributed by atoms with Gasteiger partial charge in [-0.15, -0.1) is 0 Å². The van der Waals surface area contributed by atoms with Crippen LogP contribution in [-0.2, 0) is 13.0 Å². The minimum absolute atomic E-state index is 0.0554. The standard InChI is InChI=1S/C30H34FN3O2/c1-36-29-20-23(10-13-26(29)31)21-33-17-14-24(15-18-33)28(19-22-7-3-2-4-8-22)34(25-11-12-25)30(35)27-9-5-6-16-32-27/h2-10,13,16,20,24-25,28H,11-12,14-15,17-19,21H2,1H3. The SMILES string of the molecule is COc1cc(CN2CCC(C(Cc3ccccc3)N(C(=O)c3ccccn3)C3CC3)CC2)ccc1F. The highest BCUT2D eigenvalue weighted by Crippen LogP contribution is 2.36. The molecule has 1 saturated heterocycles. The van der Waals surface area contributed by atoms with Gasteiger partial charge in [0.2, 0.25) is 0 Å². The van der Waals surface area contributed by atoms with Crippen molar-refractivity contribution < 1.29 is 13.9 Å². The van der Waals surface area contributed by atoms with Crippen LogP contribution < -0.4 is 4.74 Å². The number of halogens is 1. The number of pyridine rings is 1. The third-order valence-electron chi connectivity index (χ3n) is 7.50. The van der Waals surface area contributed by atoms with Gasteiger partial charge in [0, 0.05) is 24.8 Å². The summed E-state index contributed by atoms with van der Waals surface area (Å²) in [7, 11) is 1.50. The van der Waals surface area contributed by atoms with Crippen molar-refractivity contribution in [3.8, 4) is 5.75 Å². The molecule has 3 aromatic rings. The molecule has 0 spiro atoms. The first-order chi connectivity index (χ1) is 17.6. The lowest BCUT2D eigenvalue weighted by molar-refractivity contribution is 0.0477. The minimum Gasteiger partial charge on any atom is -0.494 e. The van der Waals surface area contributed by atoms with E-state index in [4.69, 9.17) is 4.74 Å². The fourth-order valence-electron chi connectivity index (χ4n) is 5.47. The number of methoxy groups -OCH3 is 1. The predicted octanol–water partition coefficient (Wildman–Crippen LogP) is 5.36. The number of hydrogen-bond donors (Lipinski definition) is 0. The molecule has 1 aromatic heterocycles. The average Bonchev–Trinajstić information content (AvgIpc) is 3.76. The maximum Gasteiger partial charge on any atom is 0.272 e. The summed E-state index contributed by atoms with van der Waals surface area (Å²) in [5.74, 6) is 0.428. The number of carbonyl (C=O) groups excluding carboxylic acids is 1. The molecule has 2 aliphatic rings. The van der Waals surface area contributed by atoms with Crippen molar-refractivity contribution in [3.63, 3.8) is 0 Å². The molecule has 5 nitrogen and oxygen atoms in total. The van der Waals surface area contributed by atoms with E-state index in [-0.39, 0.29) is 17.8 Å². The molecule has 0 N–H and O–H groups in total. The monoisotopic (exact) mass is 487 g/mol. The van der Waals surface area contributed by atoms with Crippen LogP contribution in [0.3, 0.4) is 0 Å². The number of piperidine rings is 1. The van der Waals surface area contributed by atoms with E-state index in [2.05, 4.69) is 39.0 Å². The molecule has 1 atom stereocenters. The van der Waals surface area contributed by atoms with Crippen molar-refractivity contribution in [1.29, 1.82) is 0 Å². The summed E-state index contributed by atoms with van der Waals surface area (Å²) < 4.78 is 19.0. The summed E-state index contributed by atoms with van der Waals surface area (Å²) in [5.41, 5.74) is 2.85. The van der Waals surface area contributed by atoms with Gasteiger partial charge in [-0.1, -0.05) is 42.5 Å². The molecule has 0 bridgehead atoms. The quantitative estimate of drug-likeness (QED) is 0.408. The van der Waals surface area contributed by atoms with Crippen molar-refractivity contribution in [2.45, 2.75) is 50.7 Å². The Morgan fingerprint density at radius 3 is 2.44 bits per heavy atom. The van der Waals surface area contributed by atoms with Crippen molar-refractivity contribution >= 4 is 5.91 Å². The molecular formula is C30H34FN3O2. The van der Waals surface area contributed by atoms with E-state index in [1.54, 1.807) is 12.3 Å². The van der Waals surface area contributed by atoms with E-state index in [1.807, 2.05) is 30.3 Å². The first-order valence-electron chi connectivity index (χ1n) is 12.9. The van der Waals surface area contributed by atoms with Gasteiger partial charge in [0.1, 0.15) is 5.69 Å². The van der Waals surface area contributed by atoms with E-state index >= 15 is 0 Å². The fourth-order valence-corrected chi connectivity index (χ4v) is 5.47. The maximum atomic E-state index is 13.8. The number of benzene rings is 2. The Hall–Kier alpha value is -3.25. The average molecular weight is 488 g/mol. The van der Waals surface area contributed by atoms with E-state index in [0.29, 0.717) is 23.4 Å². The summed E-state index contributed by atoms with van der Waals surface area (Å²) in [4.78, 5) is 22.7. The first kappa shape index (κ1) is 24.4. The van der Waals surface area contributed by atoms with Crippen LogP contribution in [0.2, 0.25) is 0 Å². The van der Waals surface area contributed by atoms with Crippen LogP contribution >= 0.6 is 0 Å². The number of rotatable bonds is 9. The second-order valence-corrected chi connectivity index (χ2v) is 10.00. The van der Waals surface area contributed by atoms with Gasteiger partial charge in [-0.2, -0.15) is 0 Å². The molecule has 5 rings (SSSR count). The number of amides is 1. The van der Waals surface area contributed by atoms with Crippen LogP contribution in [0.15, 0.2) is 72.9 Å². The molecule has 1 unspecified atom stereocenters. The highest BCUT2D eigenvalue weighted by atomic mass is 19.1. The van der Waals surface area contributed by atoms with Crippen molar-refractivity contribution in [3.05, 3.63) is 95.6 Å². The summed E-state index contributed by atoms with van der Waals surface area (Å²) in [5, 5.41) is 0. The molecule has 2 heterocycles. The molecule has 0 radical (unpaired) electrons. The van der Waals surface area contributed by atoms with Crippen LogP contribution in [-0.4, -0.2) is 53.0 Å².